The van der Waals surface area contributed by atoms with Crippen molar-refractivity contribution in [1.29, 1.82) is 0 Å². The summed E-state index contributed by atoms with van der Waals surface area (Å²) >= 11 is 0. The molecule has 8 atom stereocenters. The average molecular weight is 258 g/mol. The minimum Gasteiger partial charge on any atom is -0.0807 e. The van der Waals surface area contributed by atoms with Crippen molar-refractivity contribution in [3.05, 3.63) is 71.9 Å². The number of hydrogen-bond acceptors (Lipinski definition) is 0. The third kappa shape index (κ3) is 1.01. The van der Waals surface area contributed by atoms with E-state index < -0.39 is 0 Å². The molecule has 0 amide bonds. The highest BCUT2D eigenvalue weighted by molar-refractivity contribution is 5.53. The molecule has 98 valence electrons. The van der Waals surface area contributed by atoms with Crippen LogP contribution in [0, 0.1) is 47.3 Å². The first-order chi connectivity index (χ1) is 9.90. The Morgan fingerprint density at radius 3 is 1.35 bits per heavy atom. The summed E-state index contributed by atoms with van der Waals surface area (Å²) in [6, 6.07) is 0. The molecule has 0 saturated heterocycles. The van der Waals surface area contributed by atoms with Crippen molar-refractivity contribution in [2.24, 2.45) is 47.3 Å². The van der Waals surface area contributed by atoms with Crippen molar-refractivity contribution in [3.63, 3.8) is 0 Å². The van der Waals surface area contributed by atoms with Gasteiger partial charge in [-0.1, -0.05) is 60.8 Å². The van der Waals surface area contributed by atoms with Gasteiger partial charge >= 0.3 is 0 Å². The fraction of sp³-hybridized carbons (Fsp3) is 0.400. The Balaban J connectivity index is 1.47. The van der Waals surface area contributed by atoms with Crippen LogP contribution in [0.15, 0.2) is 71.9 Å². The molecule has 0 aromatic carbocycles. The summed E-state index contributed by atoms with van der Waals surface area (Å²) in [5.74, 6) is 5.87. The summed E-state index contributed by atoms with van der Waals surface area (Å²) < 4.78 is 0. The van der Waals surface area contributed by atoms with E-state index in [9.17, 15) is 0 Å². The van der Waals surface area contributed by atoms with E-state index in [1.54, 1.807) is 11.1 Å². The van der Waals surface area contributed by atoms with Gasteiger partial charge in [-0.15, -0.1) is 0 Å². The van der Waals surface area contributed by atoms with Crippen molar-refractivity contribution < 1.29 is 0 Å². The minimum absolute atomic E-state index is 0.696. The van der Waals surface area contributed by atoms with E-state index >= 15 is 0 Å². The lowest BCUT2D eigenvalue weighted by Crippen LogP contribution is -2.16. The molecule has 0 unspecified atom stereocenters. The second kappa shape index (κ2) is 3.19. The summed E-state index contributed by atoms with van der Waals surface area (Å²) in [5, 5.41) is 0. The fourth-order valence-corrected chi connectivity index (χ4v) is 5.80. The van der Waals surface area contributed by atoms with Gasteiger partial charge < -0.3 is 0 Å². The molecule has 6 rings (SSSR count). The molecule has 0 aliphatic heterocycles. The van der Waals surface area contributed by atoms with Crippen LogP contribution in [0.25, 0.3) is 0 Å². The molecular weight excluding hydrogens is 240 g/mol. The molecule has 0 nitrogen and oxygen atoms in total. The maximum absolute atomic E-state index is 2.59. The van der Waals surface area contributed by atoms with Crippen LogP contribution in [-0.2, 0) is 0 Å². The van der Waals surface area contributed by atoms with Gasteiger partial charge in [-0.05, 0) is 46.7 Å². The predicted molar refractivity (Wildman–Crippen MR) is 80.6 cm³/mol. The normalized spacial score (nSPS) is 54.8. The van der Waals surface area contributed by atoms with Crippen LogP contribution < -0.4 is 0 Å². The molecular formula is C20H18. The summed E-state index contributed by atoms with van der Waals surface area (Å²) in [6.07, 6.45) is 24.8. The van der Waals surface area contributed by atoms with Crippen molar-refractivity contribution in [1.82, 2.24) is 0 Å². The molecule has 6 aliphatic carbocycles. The van der Waals surface area contributed by atoms with Gasteiger partial charge in [-0.25, -0.2) is 0 Å². The van der Waals surface area contributed by atoms with Crippen LogP contribution in [0.2, 0.25) is 0 Å². The van der Waals surface area contributed by atoms with Crippen LogP contribution in [-0.4, -0.2) is 0 Å². The van der Waals surface area contributed by atoms with Crippen molar-refractivity contribution in [2.75, 3.05) is 0 Å². The number of hydrogen-bond donors (Lipinski definition) is 0. The molecule has 0 N–H and O–H groups in total. The van der Waals surface area contributed by atoms with E-state index in [-0.39, 0.29) is 0 Å². The maximum atomic E-state index is 2.59. The molecule has 0 bridgehead atoms. The van der Waals surface area contributed by atoms with Crippen LogP contribution in [0.4, 0.5) is 0 Å². The zero-order valence-electron chi connectivity index (χ0n) is 11.4. The SMILES string of the molecule is C1=C[C@@H]2C=C(C3=C[C@@H]4C=C[C@@H]5C=C[C@@H]3[C@H]54)[C@@H]3C=C[C@H]1[C@H]23. The van der Waals surface area contributed by atoms with Crippen molar-refractivity contribution in [3.8, 4) is 0 Å². The van der Waals surface area contributed by atoms with E-state index in [0.717, 1.165) is 11.8 Å². The highest BCUT2D eigenvalue weighted by atomic mass is 14.5. The molecule has 0 heterocycles. The fourth-order valence-electron chi connectivity index (χ4n) is 5.80. The highest BCUT2D eigenvalue weighted by Gasteiger charge is 2.50. The van der Waals surface area contributed by atoms with E-state index in [4.69, 9.17) is 0 Å². The van der Waals surface area contributed by atoms with Gasteiger partial charge in [0, 0.05) is 11.8 Å². The van der Waals surface area contributed by atoms with Gasteiger partial charge in [0.1, 0.15) is 0 Å². The number of allylic oxidation sites excluding steroid dienone is 12. The Labute approximate surface area is 120 Å². The largest absolute Gasteiger partial charge is 0.0807 e. The van der Waals surface area contributed by atoms with Gasteiger partial charge in [0.2, 0.25) is 0 Å². The van der Waals surface area contributed by atoms with Gasteiger partial charge in [0.15, 0.2) is 0 Å². The summed E-state index contributed by atoms with van der Waals surface area (Å²) in [4.78, 5) is 0. The lowest BCUT2D eigenvalue weighted by atomic mass is 9.81. The molecule has 0 radical (unpaired) electrons. The molecule has 0 fully saturated rings. The Bertz CT molecular complexity index is 621. The highest BCUT2D eigenvalue weighted by Crippen LogP contribution is 2.59. The molecule has 0 saturated carbocycles. The number of rotatable bonds is 1. The third-order valence-corrected chi connectivity index (χ3v) is 6.60. The molecule has 6 aliphatic rings. The summed E-state index contributed by atoms with van der Waals surface area (Å²) in [6.45, 7) is 0. The van der Waals surface area contributed by atoms with Crippen LogP contribution in [0.5, 0.6) is 0 Å². The van der Waals surface area contributed by atoms with E-state index in [2.05, 4.69) is 60.8 Å². The van der Waals surface area contributed by atoms with Crippen LogP contribution in [0.3, 0.4) is 0 Å². The van der Waals surface area contributed by atoms with Gasteiger partial charge in [0.25, 0.3) is 0 Å². The third-order valence-electron chi connectivity index (χ3n) is 6.60. The predicted octanol–water partition coefficient (Wildman–Crippen LogP) is 4.08. The quantitative estimate of drug-likeness (QED) is 0.622. The van der Waals surface area contributed by atoms with Crippen molar-refractivity contribution >= 4 is 0 Å². The Hall–Kier alpha value is -1.56. The van der Waals surface area contributed by atoms with Crippen molar-refractivity contribution in [2.45, 2.75) is 0 Å². The van der Waals surface area contributed by atoms with Gasteiger partial charge in [-0.2, -0.15) is 0 Å². The van der Waals surface area contributed by atoms with E-state index in [0.29, 0.717) is 35.5 Å². The summed E-state index contributed by atoms with van der Waals surface area (Å²) in [5.41, 5.74) is 3.34. The molecule has 20 heavy (non-hydrogen) atoms. The molecule has 0 spiro atoms. The standard InChI is InChI=1S/C20H18/c1-3-13-9-17(15-7-5-11(1)19(13)15)18-10-14-4-2-12-6-8-16(18)20(12)14/h1-16,19-20H/t11-,12+,13+,14-,15-,16-,19+,20+/m0/s1. The van der Waals surface area contributed by atoms with Gasteiger partial charge in [0.05, 0.1) is 0 Å². The topological polar surface area (TPSA) is 0 Å². The zero-order valence-corrected chi connectivity index (χ0v) is 11.4. The first-order valence-electron chi connectivity index (χ1n) is 8.07. The smallest absolute Gasteiger partial charge is 0.00636 e. The lowest BCUT2D eigenvalue weighted by Gasteiger charge is -2.22. The zero-order chi connectivity index (χ0) is 12.8. The second-order valence-corrected chi connectivity index (χ2v) is 7.30. The lowest BCUT2D eigenvalue weighted by molar-refractivity contribution is 0.398. The molecule has 0 heteroatoms. The van der Waals surface area contributed by atoms with E-state index in [1.807, 2.05) is 0 Å². The van der Waals surface area contributed by atoms with E-state index in [1.165, 1.54) is 0 Å². The van der Waals surface area contributed by atoms with Crippen LogP contribution >= 0.6 is 0 Å². The van der Waals surface area contributed by atoms with Crippen LogP contribution in [0.1, 0.15) is 0 Å². The average Bonchev–Trinajstić information content (AvgIpc) is 3.18. The minimum atomic E-state index is 0.696. The Morgan fingerprint density at radius 2 is 0.850 bits per heavy atom. The molecule has 0 aromatic heterocycles. The maximum Gasteiger partial charge on any atom is 0.00636 e. The monoisotopic (exact) mass is 258 g/mol. The second-order valence-electron chi connectivity index (χ2n) is 7.30. The molecule has 0 aromatic rings. The van der Waals surface area contributed by atoms with Gasteiger partial charge in [-0.3, -0.25) is 0 Å². The Morgan fingerprint density at radius 1 is 0.450 bits per heavy atom. The Kier molecular flexibility index (Phi) is 1.63. The summed E-state index contributed by atoms with van der Waals surface area (Å²) in [7, 11) is 0. The first kappa shape index (κ1) is 10.2. The first-order valence-corrected chi connectivity index (χ1v) is 8.07.